The molecule has 1 aliphatic rings. The first-order valence-electron chi connectivity index (χ1n) is 9.03. The standard InChI is InChI=1S/C19H25ClN2O3S2/c1-14-12-22(13-15(2)25-14)27(23,24)10-9-21-11-16-7-8-19(26-16)17-5-3-4-6-18(17)20/h3-8,14-15,21H,9-13H2,1-2H3/t14-,15-/m1/s1. The lowest BCUT2D eigenvalue weighted by atomic mass is 10.2. The highest BCUT2D eigenvalue weighted by atomic mass is 35.5. The maximum absolute atomic E-state index is 12.5. The second-order valence-corrected chi connectivity index (χ2v) is 10.5. The Morgan fingerprint density at radius 3 is 2.59 bits per heavy atom. The third kappa shape index (κ3) is 5.53. The van der Waals surface area contributed by atoms with Crippen LogP contribution in [-0.2, 0) is 21.3 Å². The van der Waals surface area contributed by atoms with Gasteiger partial charge in [-0.05, 0) is 32.0 Å². The van der Waals surface area contributed by atoms with Crippen LogP contribution >= 0.6 is 22.9 Å². The molecule has 1 aromatic heterocycles. The third-order valence-electron chi connectivity index (χ3n) is 4.42. The van der Waals surface area contributed by atoms with E-state index in [4.69, 9.17) is 16.3 Å². The number of rotatable bonds is 7. The molecule has 5 nitrogen and oxygen atoms in total. The third-order valence-corrected chi connectivity index (χ3v) is 7.67. The molecule has 0 bridgehead atoms. The highest BCUT2D eigenvalue weighted by Gasteiger charge is 2.30. The number of thiophene rings is 1. The highest BCUT2D eigenvalue weighted by Crippen LogP contribution is 2.33. The summed E-state index contributed by atoms with van der Waals surface area (Å²) in [7, 11) is -3.27. The lowest BCUT2D eigenvalue weighted by molar-refractivity contribution is -0.0440. The van der Waals surface area contributed by atoms with Crippen molar-refractivity contribution in [1.29, 1.82) is 0 Å². The molecule has 1 aliphatic heterocycles. The fourth-order valence-corrected chi connectivity index (χ4v) is 6.02. The molecular formula is C19H25ClN2O3S2. The zero-order chi connectivity index (χ0) is 19.4. The molecule has 2 atom stereocenters. The first kappa shape index (κ1) is 20.8. The Labute approximate surface area is 170 Å². The summed E-state index contributed by atoms with van der Waals surface area (Å²) in [5, 5.41) is 3.97. The first-order chi connectivity index (χ1) is 12.8. The maximum atomic E-state index is 12.5. The Morgan fingerprint density at radius 2 is 1.89 bits per heavy atom. The summed E-state index contributed by atoms with van der Waals surface area (Å²) in [6.07, 6.45) is -0.128. The zero-order valence-corrected chi connectivity index (χ0v) is 17.9. The van der Waals surface area contributed by atoms with Crippen molar-refractivity contribution < 1.29 is 13.2 Å². The number of hydrogen-bond donors (Lipinski definition) is 1. The van der Waals surface area contributed by atoms with Crippen LogP contribution in [0.2, 0.25) is 5.02 Å². The van der Waals surface area contributed by atoms with Crippen LogP contribution in [0.4, 0.5) is 0 Å². The monoisotopic (exact) mass is 428 g/mol. The van der Waals surface area contributed by atoms with E-state index in [1.807, 2.05) is 38.1 Å². The molecule has 0 radical (unpaired) electrons. The van der Waals surface area contributed by atoms with Gasteiger partial charge in [-0.15, -0.1) is 11.3 Å². The van der Waals surface area contributed by atoms with Gasteiger partial charge in [0.1, 0.15) is 0 Å². The minimum atomic E-state index is -3.27. The van der Waals surface area contributed by atoms with Crippen molar-refractivity contribution in [3.63, 3.8) is 0 Å². The van der Waals surface area contributed by atoms with Crippen molar-refractivity contribution in [2.45, 2.75) is 32.6 Å². The Balaban J connectivity index is 1.50. The molecule has 2 heterocycles. The van der Waals surface area contributed by atoms with E-state index in [1.54, 1.807) is 15.6 Å². The van der Waals surface area contributed by atoms with Crippen molar-refractivity contribution in [2.75, 3.05) is 25.4 Å². The molecule has 148 valence electrons. The topological polar surface area (TPSA) is 58.6 Å². The predicted molar refractivity (Wildman–Crippen MR) is 112 cm³/mol. The molecule has 0 amide bonds. The average Bonchev–Trinajstić information content (AvgIpc) is 3.07. The minimum absolute atomic E-state index is 0.0640. The number of hydrogen-bond acceptors (Lipinski definition) is 5. The van der Waals surface area contributed by atoms with Crippen LogP contribution in [0.5, 0.6) is 0 Å². The van der Waals surface area contributed by atoms with Crippen LogP contribution in [-0.4, -0.2) is 50.3 Å². The van der Waals surface area contributed by atoms with Crippen LogP contribution in [0.3, 0.4) is 0 Å². The summed E-state index contributed by atoms with van der Waals surface area (Å²) >= 11 is 7.91. The Morgan fingerprint density at radius 1 is 1.19 bits per heavy atom. The van der Waals surface area contributed by atoms with Gasteiger partial charge in [0.2, 0.25) is 10.0 Å². The summed E-state index contributed by atoms with van der Waals surface area (Å²) < 4.78 is 32.2. The molecule has 1 fully saturated rings. The van der Waals surface area contributed by atoms with Gasteiger partial charge in [0.15, 0.2) is 0 Å². The number of benzene rings is 1. The summed E-state index contributed by atoms with van der Waals surface area (Å²) in [5.74, 6) is 0.0924. The molecule has 2 aromatic rings. The molecule has 8 heteroatoms. The van der Waals surface area contributed by atoms with Crippen LogP contribution in [0.15, 0.2) is 36.4 Å². The molecule has 0 saturated carbocycles. The second-order valence-electron chi connectivity index (χ2n) is 6.81. The van der Waals surface area contributed by atoms with E-state index in [1.165, 1.54) is 0 Å². The van der Waals surface area contributed by atoms with Crippen molar-refractivity contribution in [3.8, 4) is 10.4 Å². The van der Waals surface area contributed by atoms with Gasteiger partial charge in [-0.1, -0.05) is 29.8 Å². The van der Waals surface area contributed by atoms with Crippen LogP contribution in [0.1, 0.15) is 18.7 Å². The highest BCUT2D eigenvalue weighted by molar-refractivity contribution is 7.89. The second kappa shape index (κ2) is 9.03. The number of nitrogens with one attached hydrogen (secondary N) is 1. The van der Waals surface area contributed by atoms with Crippen LogP contribution < -0.4 is 5.32 Å². The van der Waals surface area contributed by atoms with Crippen molar-refractivity contribution in [3.05, 3.63) is 46.3 Å². The summed E-state index contributed by atoms with van der Waals surface area (Å²) in [6, 6.07) is 11.9. The molecule has 1 aromatic carbocycles. The Bertz CT molecular complexity index is 859. The first-order valence-corrected chi connectivity index (χ1v) is 11.8. The van der Waals surface area contributed by atoms with Crippen molar-refractivity contribution >= 4 is 33.0 Å². The van der Waals surface area contributed by atoms with E-state index >= 15 is 0 Å². The van der Waals surface area contributed by atoms with E-state index in [2.05, 4.69) is 17.4 Å². The van der Waals surface area contributed by atoms with Gasteiger partial charge in [0.25, 0.3) is 0 Å². The number of nitrogens with zero attached hydrogens (tertiary/aromatic N) is 1. The molecule has 0 unspecified atom stereocenters. The van der Waals surface area contributed by atoms with Crippen molar-refractivity contribution in [1.82, 2.24) is 9.62 Å². The molecular weight excluding hydrogens is 404 g/mol. The fraction of sp³-hybridized carbons (Fsp3) is 0.474. The summed E-state index contributed by atoms with van der Waals surface area (Å²) in [6.45, 7) is 5.73. The van der Waals surface area contributed by atoms with E-state index < -0.39 is 10.0 Å². The molecule has 1 N–H and O–H groups in total. The van der Waals surface area contributed by atoms with Gasteiger partial charge in [-0.25, -0.2) is 8.42 Å². The fourth-order valence-electron chi connectivity index (χ4n) is 3.18. The van der Waals surface area contributed by atoms with Crippen LogP contribution in [0, 0.1) is 0 Å². The van der Waals surface area contributed by atoms with Crippen molar-refractivity contribution in [2.24, 2.45) is 0 Å². The number of sulfonamides is 1. The van der Waals surface area contributed by atoms with E-state index in [0.717, 1.165) is 20.3 Å². The normalized spacial score (nSPS) is 21.4. The summed E-state index contributed by atoms with van der Waals surface area (Å²) in [4.78, 5) is 2.26. The van der Waals surface area contributed by atoms with Gasteiger partial charge < -0.3 is 10.1 Å². The van der Waals surface area contributed by atoms with Crippen LogP contribution in [0.25, 0.3) is 10.4 Å². The summed E-state index contributed by atoms with van der Waals surface area (Å²) in [5.41, 5.74) is 1.02. The van der Waals surface area contributed by atoms with Gasteiger partial charge in [-0.2, -0.15) is 4.31 Å². The van der Waals surface area contributed by atoms with Gasteiger partial charge in [0.05, 0.1) is 18.0 Å². The quantitative estimate of drug-likeness (QED) is 0.684. The number of morpholine rings is 1. The largest absolute Gasteiger partial charge is 0.373 e. The number of halogens is 1. The maximum Gasteiger partial charge on any atom is 0.215 e. The van der Waals surface area contributed by atoms with E-state index in [9.17, 15) is 8.42 Å². The predicted octanol–water partition coefficient (Wildman–Crippen LogP) is 3.60. The Kier molecular flexibility index (Phi) is 6.94. The lowest BCUT2D eigenvalue weighted by Crippen LogP contribution is -2.49. The van der Waals surface area contributed by atoms with E-state index in [-0.39, 0.29) is 18.0 Å². The average molecular weight is 429 g/mol. The smallest absolute Gasteiger partial charge is 0.215 e. The molecule has 0 aliphatic carbocycles. The molecule has 3 rings (SSSR count). The van der Waals surface area contributed by atoms with Gasteiger partial charge in [0, 0.05) is 46.5 Å². The minimum Gasteiger partial charge on any atom is -0.373 e. The molecule has 27 heavy (non-hydrogen) atoms. The van der Waals surface area contributed by atoms with Gasteiger partial charge >= 0.3 is 0 Å². The molecule has 0 spiro atoms. The molecule has 1 saturated heterocycles. The lowest BCUT2D eigenvalue weighted by Gasteiger charge is -2.34. The number of ether oxygens (including phenoxy) is 1. The SMILES string of the molecule is C[C@@H]1CN(S(=O)(=O)CCNCc2ccc(-c3ccccc3Cl)s2)C[C@@H](C)O1. The van der Waals surface area contributed by atoms with Gasteiger partial charge in [-0.3, -0.25) is 0 Å². The Hall–Kier alpha value is -0.960. The van der Waals surface area contributed by atoms with E-state index in [0.29, 0.717) is 26.2 Å². The zero-order valence-electron chi connectivity index (χ0n) is 15.5.